The molecule has 2 heterocycles. The van der Waals surface area contributed by atoms with Gasteiger partial charge in [0.2, 0.25) is 5.91 Å². The van der Waals surface area contributed by atoms with Gasteiger partial charge in [-0.1, -0.05) is 0 Å². The lowest BCUT2D eigenvalue weighted by molar-refractivity contribution is -0.129. The summed E-state index contributed by atoms with van der Waals surface area (Å²) >= 11 is 1.77. The molecule has 0 bridgehead atoms. The number of thiophene rings is 1. The second-order valence-corrected chi connectivity index (χ2v) is 7.52. The molecule has 1 aromatic heterocycles. The molecule has 4 nitrogen and oxygen atoms in total. The first-order valence-corrected chi connectivity index (χ1v) is 8.55. The lowest BCUT2D eigenvalue weighted by Crippen LogP contribution is -2.34. The van der Waals surface area contributed by atoms with E-state index in [2.05, 4.69) is 50.2 Å². The maximum absolute atomic E-state index is 12.4. The maximum Gasteiger partial charge on any atom is 0.241 e. The van der Waals surface area contributed by atoms with E-state index in [0.717, 1.165) is 19.5 Å². The second-order valence-electron chi connectivity index (χ2n) is 6.20. The molecule has 2 unspecified atom stereocenters. The third-order valence-electron chi connectivity index (χ3n) is 4.20. The van der Waals surface area contributed by atoms with Crippen LogP contribution in [0, 0.1) is 6.92 Å². The van der Waals surface area contributed by atoms with Crippen LogP contribution in [0.4, 0.5) is 0 Å². The Labute approximate surface area is 132 Å². The van der Waals surface area contributed by atoms with Crippen molar-refractivity contribution in [1.82, 2.24) is 15.1 Å². The fourth-order valence-corrected chi connectivity index (χ4v) is 3.55. The average molecular weight is 309 g/mol. The van der Waals surface area contributed by atoms with Crippen LogP contribution >= 0.6 is 11.3 Å². The third kappa shape index (κ3) is 3.84. The van der Waals surface area contributed by atoms with E-state index in [1.54, 1.807) is 11.3 Å². The van der Waals surface area contributed by atoms with Crippen LogP contribution in [0.25, 0.3) is 0 Å². The minimum absolute atomic E-state index is 0.0514. The Balaban J connectivity index is 1.99. The van der Waals surface area contributed by atoms with Gasteiger partial charge in [0, 0.05) is 22.3 Å². The molecule has 1 fully saturated rings. The molecule has 1 aliphatic rings. The molecule has 2 rings (SSSR count). The molecule has 0 spiro atoms. The first-order valence-electron chi connectivity index (χ1n) is 7.73. The highest BCUT2D eigenvalue weighted by molar-refractivity contribution is 7.12. The molecule has 1 aliphatic heterocycles. The summed E-state index contributed by atoms with van der Waals surface area (Å²) < 4.78 is 0. The van der Waals surface area contributed by atoms with Gasteiger partial charge in [0.15, 0.2) is 0 Å². The van der Waals surface area contributed by atoms with E-state index in [4.69, 9.17) is 0 Å². The first kappa shape index (κ1) is 16.5. The van der Waals surface area contributed by atoms with Gasteiger partial charge in [-0.15, -0.1) is 11.3 Å². The highest BCUT2D eigenvalue weighted by atomic mass is 32.1. The van der Waals surface area contributed by atoms with Crippen molar-refractivity contribution < 1.29 is 4.79 Å². The molecular formula is C16H27N3OS. The molecule has 0 aromatic carbocycles. The summed E-state index contributed by atoms with van der Waals surface area (Å²) in [7, 11) is 2.14. The Morgan fingerprint density at radius 3 is 2.71 bits per heavy atom. The van der Waals surface area contributed by atoms with E-state index in [-0.39, 0.29) is 18.1 Å². The fraction of sp³-hybridized carbons (Fsp3) is 0.688. The molecule has 118 valence electrons. The lowest BCUT2D eigenvalue weighted by atomic mass is 10.2. The van der Waals surface area contributed by atoms with Crippen molar-refractivity contribution in [3.8, 4) is 0 Å². The average Bonchev–Trinajstić information content (AvgIpc) is 2.96. The summed E-state index contributed by atoms with van der Waals surface area (Å²) in [4.78, 5) is 19.2. The van der Waals surface area contributed by atoms with Gasteiger partial charge in [-0.3, -0.25) is 10.1 Å². The van der Waals surface area contributed by atoms with Gasteiger partial charge in [0.1, 0.15) is 6.17 Å². The van der Waals surface area contributed by atoms with Crippen LogP contribution < -0.4 is 5.32 Å². The van der Waals surface area contributed by atoms with Gasteiger partial charge in [-0.2, -0.15) is 0 Å². The normalized spacial score (nSPS) is 22.8. The van der Waals surface area contributed by atoms with Crippen molar-refractivity contribution in [2.24, 2.45) is 0 Å². The van der Waals surface area contributed by atoms with Crippen molar-refractivity contribution in [2.75, 3.05) is 20.1 Å². The van der Waals surface area contributed by atoms with Crippen molar-refractivity contribution >= 4 is 17.2 Å². The standard InChI is InChI=1S/C16H27N3OS/c1-11(2)18(5)9-6-10-19-15(17-13(4)16(19)20)14-8-7-12(3)21-14/h7-8,11,13,15,17H,6,9-10H2,1-5H3. The highest BCUT2D eigenvalue weighted by Crippen LogP contribution is 2.30. The molecule has 5 heteroatoms. The summed E-state index contributed by atoms with van der Waals surface area (Å²) in [5.74, 6) is 0.221. The Morgan fingerprint density at radius 2 is 2.14 bits per heavy atom. The number of hydrogen-bond acceptors (Lipinski definition) is 4. The summed E-state index contributed by atoms with van der Waals surface area (Å²) in [5, 5.41) is 3.42. The third-order valence-corrected chi connectivity index (χ3v) is 5.25. The monoisotopic (exact) mass is 309 g/mol. The molecule has 1 amide bonds. The van der Waals surface area contributed by atoms with Crippen molar-refractivity contribution in [1.29, 1.82) is 0 Å². The van der Waals surface area contributed by atoms with Crippen LogP contribution in [0.1, 0.15) is 43.1 Å². The Kier molecular flexibility index (Phi) is 5.41. The second kappa shape index (κ2) is 6.90. The molecule has 0 saturated carbocycles. The van der Waals surface area contributed by atoms with Gasteiger partial charge in [-0.05, 0) is 59.8 Å². The number of rotatable bonds is 6. The molecule has 2 atom stereocenters. The smallest absolute Gasteiger partial charge is 0.241 e. The van der Waals surface area contributed by atoms with Gasteiger partial charge in [0.05, 0.1) is 6.04 Å². The minimum Gasteiger partial charge on any atom is -0.321 e. The number of nitrogens with one attached hydrogen (secondary N) is 1. The van der Waals surface area contributed by atoms with E-state index in [9.17, 15) is 4.79 Å². The molecule has 1 saturated heterocycles. The Bertz CT molecular complexity index is 486. The van der Waals surface area contributed by atoms with Crippen LogP contribution in [-0.2, 0) is 4.79 Å². The molecule has 0 aliphatic carbocycles. The van der Waals surface area contributed by atoms with Crippen molar-refractivity contribution in [3.63, 3.8) is 0 Å². The van der Waals surface area contributed by atoms with E-state index >= 15 is 0 Å². The number of hydrogen-bond donors (Lipinski definition) is 1. The molecule has 0 radical (unpaired) electrons. The van der Waals surface area contributed by atoms with E-state index in [1.165, 1.54) is 9.75 Å². The summed E-state index contributed by atoms with van der Waals surface area (Å²) in [6.45, 7) is 10.3. The summed E-state index contributed by atoms with van der Waals surface area (Å²) in [6, 6.07) is 4.73. The van der Waals surface area contributed by atoms with Gasteiger partial charge < -0.3 is 9.80 Å². The van der Waals surface area contributed by atoms with Gasteiger partial charge >= 0.3 is 0 Å². The quantitative estimate of drug-likeness (QED) is 0.877. The van der Waals surface area contributed by atoms with Crippen LogP contribution in [0.3, 0.4) is 0 Å². The molecule has 1 aromatic rings. The van der Waals surface area contributed by atoms with Crippen molar-refractivity contribution in [2.45, 2.75) is 52.4 Å². The van der Waals surface area contributed by atoms with Crippen LogP contribution in [0.2, 0.25) is 0 Å². The van der Waals surface area contributed by atoms with E-state index in [1.807, 2.05) is 11.8 Å². The number of amides is 1. The Hall–Kier alpha value is -0.910. The van der Waals surface area contributed by atoms with E-state index in [0.29, 0.717) is 6.04 Å². The lowest BCUT2D eigenvalue weighted by Gasteiger charge is -2.26. The fourth-order valence-electron chi connectivity index (χ4n) is 2.60. The maximum atomic E-state index is 12.4. The Morgan fingerprint density at radius 1 is 1.43 bits per heavy atom. The summed E-state index contributed by atoms with van der Waals surface area (Å²) in [6.07, 6.45) is 1.06. The zero-order chi connectivity index (χ0) is 15.6. The van der Waals surface area contributed by atoms with Gasteiger partial charge in [0.25, 0.3) is 0 Å². The van der Waals surface area contributed by atoms with Crippen molar-refractivity contribution in [3.05, 3.63) is 21.9 Å². The predicted molar refractivity (Wildman–Crippen MR) is 88.5 cm³/mol. The zero-order valence-corrected chi connectivity index (χ0v) is 14.5. The summed E-state index contributed by atoms with van der Waals surface area (Å²) in [5.41, 5.74) is 0. The topological polar surface area (TPSA) is 35.6 Å². The predicted octanol–water partition coefficient (Wildman–Crippen LogP) is 2.61. The number of aryl methyl sites for hydroxylation is 1. The van der Waals surface area contributed by atoms with Gasteiger partial charge in [-0.25, -0.2) is 0 Å². The number of carbonyl (C=O) groups is 1. The molecule has 21 heavy (non-hydrogen) atoms. The number of carbonyl (C=O) groups excluding carboxylic acids is 1. The minimum atomic E-state index is -0.0831. The van der Waals surface area contributed by atoms with Crippen LogP contribution in [0.15, 0.2) is 12.1 Å². The molecular weight excluding hydrogens is 282 g/mol. The SMILES string of the molecule is Cc1ccc(C2NC(C)C(=O)N2CCCN(C)C(C)C)s1. The molecule has 1 N–H and O–H groups in total. The van der Waals surface area contributed by atoms with Crippen LogP contribution in [-0.4, -0.2) is 47.9 Å². The first-order chi connectivity index (χ1) is 9.90. The largest absolute Gasteiger partial charge is 0.321 e. The number of nitrogens with zero attached hydrogens (tertiary/aromatic N) is 2. The van der Waals surface area contributed by atoms with Crippen LogP contribution in [0.5, 0.6) is 0 Å². The van der Waals surface area contributed by atoms with E-state index < -0.39 is 0 Å². The highest BCUT2D eigenvalue weighted by Gasteiger charge is 2.37. The zero-order valence-electron chi connectivity index (χ0n) is 13.7.